The maximum absolute atomic E-state index is 14.2. The fraction of sp³-hybridized carbons (Fsp3) is 0.294. The van der Waals surface area contributed by atoms with Gasteiger partial charge in [0.25, 0.3) is 0 Å². The highest BCUT2D eigenvalue weighted by molar-refractivity contribution is 5.56. The number of halogens is 1. The van der Waals surface area contributed by atoms with Crippen LogP contribution in [0, 0.1) is 5.82 Å². The van der Waals surface area contributed by atoms with Gasteiger partial charge < -0.3 is 15.0 Å². The lowest BCUT2D eigenvalue weighted by Crippen LogP contribution is -2.36. The molecule has 2 aromatic rings. The second kappa shape index (κ2) is 6.59. The molecule has 0 spiro atoms. The first-order chi connectivity index (χ1) is 10.3. The zero-order chi connectivity index (χ0) is 14.5. The molecule has 2 aromatic carbocycles. The van der Waals surface area contributed by atoms with Gasteiger partial charge in [0.1, 0.15) is 5.82 Å². The van der Waals surface area contributed by atoms with Crippen LogP contribution in [0.15, 0.2) is 48.5 Å². The zero-order valence-electron chi connectivity index (χ0n) is 11.9. The minimum atomic E-state index is -0.185. The van der Waals surface area contributed by atoms with Crippen molar-refractivity contribution in [1.29, 1.82) is 0 Å². The molecule has 21 heavy (non-hydrogen) atoms. The van der Waals surface area contributed by atoms with Gasteiger partial charge in [-0.25, -0.2) is 4.39 Å². The van der Waals surface area contributed by atoms with Gasteiger partial charge in [0.15, 0.2) is 0 Å². The van der Waals surface area contributed by atoms with Crippen molar-refractivity contribution >= 4 is 11.4 Å². The molecule has 1 fully saturated rings. The first kappa shape index (κ1) is 13.9. The number of anilines is 2. The molecule has 110 valence electrons. The van der Waals surface area contributed by atoms with E-state index < -0.39 is 0 Å². The van der Waals surface area contributed by atoms with Crippen LogP contribution in [0.5, 0.6) is 0 Å². The lowest BCUT2D eigenvalue weighted by atomic mass is 10.2. The van der Waals surface area contributed by atoms with Crippen molar-refractivity contribution in [2.24, 2.45) is 0 Å². The monoisotopic (exact) mass is 286 g/mol. The molecule has 0 aliphatic carbocycles. The van der Waals surface area contributed by atoms with Crippen LogP contribution in [-0.2, 0) is 11.3 Å². The smallest absolute Gasteiger partial charge is 0.148 e. The molecule has 1 heterocycles. The Hall–Kier alpha value is -2.07. The van der Waals surface area contributed by atoms with Crippen molar-refractivity contribution in [3.63, 3.8) is 0 Å². The molecular formula is C17H19FN2O. The molecule has 0 saturated carbocycles. The Labute approximate surface area is 124 Å². The highest BCUT2D eigenvalue weighted by Crippen LogP contribution is 2.24. The molecule has 0 atom stereocenters. The summed E-state index contributed by atoms with van der Waals surface area (Å²) < 4.78 is 19.5. The third-order valence-electron chi connectivity index (χ3n) is 3.64. The number of ether oxygens (including phenoxy) is 1. The first-order valence-electron chi connectivity index (χ1n) is 7.23. The normalized spacial score (nSPS) is 15.0. The van der Waals surface area contributed by atoms with Gasteiger partial charge >= 0.3 is 0 Å². The molecule has 0 bridgehead atoms. The number of nitrogens with zero attached hydrogens (tertiary/aromatic N) is 1. The largest absolute Gasteiger partial charge is 0.381 e. The zero-order valence-corrected chi connectivity index (χ0v) is 11.9. The van der Waals surface area contributed by atoms with Crippen LogP contribution in [0.25, 0.3) is 0 Å². The maximum Gasteiger partial charge on any atom is 0.148 e. The predicted octanol–water partition coefficient (Wildman–Crippen LogP) is 3.27. The molecule has 0 amide bonds. The van der Waals surface area contributed by atoms with Gasteiger partial charge in [-0.05, 0) is 23.8 Å². The average Bonchev–Trinajstić information content (AvgIpc) is 2.55. The summed E-state index contributed by atoms with van der Waals surface area (Å²) in [6.07, 6.45) is 0. The van der Waals surface area contributed by atoms with Gasteiger partial charge in [-0.1, -0.05) is 30.3 Å². The average molecular weight is 286 g/mol. The van der Waals surface area contributed by atoms with Crippen LogP contribution in [0.3, 0.4) is 0 Å². The van der Waals surface area contributed by atoms with E-state index in [9.17, 15) is 4.39 Å². The minimum Gasteiger partial charge on any atom is -0.381 e. The van der Waals surface area contributed by atoms with E-state index in [4.69, 9.17) is 4.74 Å². The fourth-order valence-corrected chi connectivity index (χ4v) is 2.48. The summed E-state index contributed by atoms with van der Waals surface area (Å²) in [6, 6.07) is 15.4. The summed E-state index contributed by atoms with van der Waals surface area (Å²) in [7, 11) is 0. The third-order valence-corrected chi connectivity index (χ3v) is 3.64. The number of morpholine rings is 1. The number of rotatable bonds is 4. The summed E-state index contributed by atoms with van der Waals surface area (Å²) in [5.41, 5.74) is 2.63. The van der Waals surface area contributed by atoms with Gasteiger partial charge in [-0.15, -0.1) is 0 Å². The highest BCUT2D eigenvalue weighted by Gasteiger charge is 2.15. The Balaban J connectivity index is 1.66. The van der Waals surface area contributed by atoms with Crippen LogP contribution in [0.1, 0.15) is 5.56 Å². The molecule has 0 aromatic heterocycles. The molecule has 0 radical (unpaired) electrons. The Kier molecular flexibility index (Phi) is 4.36. The summed E-state index contributed by atoms with van der Waals surface area (Å²) in [5.74, 6) is -0.185. The molecule has 1 N–H and O–H groups in total. The van der Waals surface area contributed by atoms with Crippen molar-refractivity contribution in [2.45, 2.75) is 6.54 Å². The van der Waals surface area contributed by atoms with Crippen molar-refractivity contribution in [2.75, 3.05) is 36.5 Å². The second-order valence-electron chi connectivity index (χ2n) is 5.10. The van der Waals surface area contributed by atoms with Gasteiger partial charge in [0, 0.05) is 25.3 Å². The number of hydrogen-bond donors (Lipinski definition) is 1. The van der Waals surface area contributed by atoms with E-state index in [0.29, 0.717) is 25.4 Å². The highest BCUT2D eigenvalue weighted by atomic mass is 19.1. The Morgan fingerprint density at radius 2 is 1.81 bits per heavy atom. The van der Waals surface area contributed by atoms with E-state index in [-0.39, 0.29) is 5.82 Å². The molecule has 3 rings (SSSR count). The topological polar surface area (TPSA) is 24.5 Å². The molecule has 1 saturated heterocycles. The fourth-order valence-electron chi connectivity index (χ4n) is 2.48. The lowest BCUT2D eigenvalue weighted by Gasteiger charge is -2.29. The van der Waals surface area contributed by atoms with Crippen molar-refractivity contribution < 1.29 is 9.13 Å². The van der Waals surface area contributed by atoms with Gasteiger partial charge in [-0.3, -0.25) is 0 Å². The van der Waals surface area contributed by atoms with Gasteiger partial charge in [0.05, 0.1) is 18.9 Å². The molecule has 1 aliphatic rings. The predicted molar refractivity (Wildman–Crippen MR) is 83.2 cm³/mol. The summed E-state index contributed by atoms with van der Waals surface area (Å²) in [4.78, 5) is 2.03. The number of nitrogens with one attached hydrogen (secondary N) is 1. The minimum absolute atomic E-state index is 0.185. The van der Waals surface area contributed by atoms with E-state index in [0.717, 1.165) is 18.8 Å². The van der Waals surface area contributed by atoms with E-state index >= 15 is 0 Å². The van der Waals surface area contributed by atoms with Crippen LogP contribution in [0.4, 0.5) is 15.8 Å². The Bertz CT molecular complexity index is 583. The molecule has 4 heteroatoms. The molecule has 1 aliphatic heterocycles. The Morgan fingerprint density at radius 1 is 1.05 bits per heavy atom. The standard InChI is InChI=1S/C17H19FN2O/c18-16-12-15(19-13-14-4-2-1-3-5-14)6-7-17(16)20-8-10-21-11-9-20/h1-7,12,19H,8-11,13H2. The first-order valence-corrected chi connectivity index (χ1v) is 7.23. The molecule has 3 nitrogen and oxygen atoms in total. The SMILES string of the molecule is Fc1cc(NCc2ccccc2)ccc1N1CCOCC1. The van der Waals surface area contributed by atoms with Crippen molar-refractivity contribution in [3.05, 3.63) is 59.9 Å². The number of hydrogen-bond acceptors (Lipinski definition) is 3. The van der Waals surface area contributed by atoms with E-state index in [1.165, 1.54) is 5.56 Å². The molecular weight excluding hydrogens is 267 g/mol. The van der Waals surface area contributed by atoms with Crippen LogP contribution in [-0.4, -0.2) is 26.3 Å². The van der Waals surface area contributed by atoms with E-state index in [1.54, 1.807) is 6.07 Å². The summed E-state index contributed by atoms with van der Waals surface area (Å²) in [5, 5.41) is 3.25. The van der Waals surface area contributed by atoms with Gasteiger partial charge in [0.2, 0.25) is 0 Å². The summed E-state index contributed by atoms with van der Waals surface area (Å²) >= 11 is 0. The second-order valence-corrected chi connectivity index (χ2v) is 5.10. The number of benzene rings is 2. The van der Waals surface area contributed by atoms with E-state index in [2.05, 4.69) is 5.32 Å². The lowest BCUT2D eigenvalue weighted by molar-refractivity contribution is 0.122. The van der Waals surface area contributed by atoms with Crippen LogP contribution in [0.2, 0.25) is 0 Å². The maximum atomic E-state index is 14.2. The van der Waals surface area contributed by atoms with Gasteiger partial charge in [-0.2, -0.15) is 0 Å². The van der Waals surface area contributed by atoms with Crippen molar-refractivity contribution in [3.8, 4) is 0 Å². The molecule has 0 unspecified atom stereocenters. The quantitative estimate of drug-likeness (QED) is 0.933. The summed E-state index contributed by atoms with van der Waals surface area (Å²) in [6.45, 7) is 3.50. The van der Waals surface area contributed by atoms with E-state index in [1.807, 2.05) is 47.4 Å². The van der Waals surface area contributed by atoms with Crippen molar-refractivity contribution in [1.82, 2.24) is 0 Å². The van der Waals surface area contributed by atoms with Crippen LogP contribution >= 0.6 is 0 Å². The van der Waals surface area contributed by atoms with Crippen LogP contribution < -0.4 is 10.2 Å². The third kappa shape index (κ3) is 3.52. The Morgan fingerprint density at radius 3 is 2.52 bits per heavy atom.